The van der Waals surface area contributed by atoms with Crippen LogP contribution < -0.4 is 18.9 Å². The summed E-state index contributed by atoms with van der Waals surface area (Å²) < 4.78 is 27.9. The number of aromatic nitrogens is 1. The molecular weight excluding hydrogens is 679 g/mol. The molecule has 258 valence electrons. The lowest BCUT2D eigenvalue weighted by atomic mass is 9.99. The molecule has 5 nitrogen and oxygen atoms in total. The van der Waals surface area contributed by atoms with Gasteiger partial charge in [-0.15, -0.1) is 0 Å². The van der Waals surface area contributed by atoms with Crippen LogP contribution in [0.25, 0.3) is 71.3 Å². The van der Waals surface area contributed by atoms with Gasteiger partial charge in [-0.25, -0.2) is 0 Å². The van der Waals surface area contributed by atoms with Gasteiger partial charge in [0.1, 0.15) is 0 Å². The first-order chi connectivity index (χ1) is 27.2. The van der Waals surface area contributed by atoms with E-state index in [0.717, 1.165) is 82.8 Å². The van der Waals surface area contributed by atoms with Crippen LogP contribution in [-0.2, 0) is 0 Å². The quantitative estimate of drug-likeness (QED) is 0.183. The van der Waals surface area contributed by atoms with E-state index in [1.807, 2.05) is 60.7 Å². The molecule has 0 spiro atoms. The van der Waals surface area contributed by atoms with Crippen LogP contribution in [0.4, 0.5) is 0 Å². The van der Waals surface area contributed by atoms with Crippen LogP contribution in [-0.4, -0.2) is 4.57 Å². The monoisotopic (exact) mass is 707 g/mol. The Morgan fingerprint density at radius 3 is 1.05 bits per heavy atom. The molecule has 0 atom stereocenters. The Morgan fingerprint density at radius 1 is 0.273 bits per heavy atom. The standard InChI is InChI=1S/C50H29NO4/c1-2-12-38(13-3-1)51-41-18-14-34(36-16-20-43-45(28-36)54-49-26-32-10-6-4-8-30(32)24-47(49)52-43)22-39(41)40-23-35(15-19-42(40)51)37-17-21-44-46(29-37)55-50-27-33-11-7-5-9-31(33)25-48(50)53-44/h1-29H. The van der Waals surface area contributed by atoms with E-state index in [0.29, 0.717) is 34.5 Å². The van der Waals surface area contributed by atoms with E-state index in [1.54, 1.807) is 0 Å². The van der Waals surface area contributed by atoms with Crippen LogP contribution in [0.15, 0.2) is 176 Å². The van der Waals surface area contributed by atoms with Gasteiger partial charge in [-0.1, -0.05) is 91.0 Å². The predicted octanol–water partition coefficient (Wildman–Crippen LogP) is 14.2. The highest BCUT2D eigenvalue weighted by atomic mass is 16.6. The smallest absolute Gasteiger partial charge is 0.170 e. The van der Waals surface area contributed by atoms with Crippen molar-refractivity contribution in [1.82, 2.24) is 4.57 Å². The summed E-state index contributed by atoms with van der Waals surface area (Å²) in [5.74, 6) is 5.68. The average Bonchev–Trinajstić information content (AvgIpc) is 3.56. The molecule has 0 saturated heterocycles. The zero-order valence-corrected chi connectivity index (χ0v) is 29.3. The number of hydrogen-bond acceptors (Lipinski definition) is 4. The number of para-hydroxylation sites is 1. The van der Waals surface area contributed by atoms with Crippen molar-refractivity contribution in [2.75, 3.05) is 0 Å². The SMILES string of the molecule is c1ccc(-n2c3ccc(-c4ccc5c(c4)Oc4cc6ccccc6cc4O5)cc3c3cc(-c4ccc5c(c4)Oc4cc6ccccc6cc4O5)ccc32)cc1. The van der Waals surface area contributed by atoms with Crippen LogP contribution in [0.2, 0.25) is 0 Å². The molecule has 0 bridgehead atoms. The van der Waals surface area contributed by atoms with Crippen LogP contribution in [0.5, 0.6) is 46.0 Å². The fourth-order valence-electron chi connectivity index (χ4n) is 8.13. The molecule has 9 aromatic carbocycles. The van der Waals surface area contributed by atoms with Crippen molar-refractivity contribution in [3.8, 4) is 73.9 Å². The van der Waals surface area contributed by atoms with Gasteiger partial charge >= 0.3 is 0 Å². The molecule has 3 heterocycles. The van der Waals surface area contributed by atoms with Gasteiger partial charge in [0.25, 0.3) is 0 Å². The summed E-state index contributed by atoms with van der Waals surface area (Å²) in [6.07, 6.45) is 0. The Morgan fingerprint density at radius 2 is 0.618 bits per heavy atom. The summed E-state index contributed by atoms with van der Waals surface area (Å²) in [5, 5.41) is 6.76. The molecule has 55 heavy (non-hydrogen) atoms. The molecule has 2 aliphatic heterocycles. The first-order valence-electron chi connectivity index (χ1n) is 18.4. The molecule has 0 amide bonds. The van der Waals surface area contributed by atoms with Crippen molar-refractivity contribution < 1.29 is 18.9 Å². The van der Waals surface area contributed by atoms with E-state index in [2.05, 4.69) is 120 Å². The van der Waals surface area contributed by atoms with Crippen molar-refractivity contribution in [3.05, 3.63) is 176 Å². The molecule has 1 aromatic heterocycles. The van der Waals surface area contributed by atoms with Gasteiger partial charge in [0.15, 0.2) is 46.0 Å². The molecule has 0 fully saturated rings. The molecule has 5 heteroatoms. The lowest BCUT2D eigenvalue weighted by Crippen LogP contribution is -1.99. The number of rotatable bonds is 3. The van der Waals surface area contributed by atoms with Crippen LogP contribution in [0, 0.1) is 0 Å². The number of fused-ring (bicyclic) bond motifs is 9. The maximum absolute atomic E-state index is 6.46. The first kappa shape index (κ1) is 30.0. The highest BCUT2D eigenvalue weighted by Crippen LogP contribution is 2.50. The molecule has 0 N–H and O–H groups in total. The molecule has 0 aliphatic carbocycles. The molecule has 0 radical (unpaired) electrons. The lowest BCUT2D eigenvalue weighted by molar-refractivity contribution is 0.360. The molecule has 0 unspecified atom stereocenters. The van der Waals surface area contributed by atoms with Crippen LogP contribution in [0.1, 0.15) is 0 Å². The number of hydrogen-bond donors (Lipinski definition) is 0. The minimum absolute atomic E-state index is 0.698. The second-order valence-corrected chi connectivity index (χ2v) is 14.2. The fraction of sp³-hybridized carbons (Fsp3) is 0. The fourth-order valence-corrected chi connectivity index (χ4v) is 8.13. The highest BCUT2D eigenvalue weighted by molar-refractivity contribution is 6.11. The van der Waals surface area contributed by atoms with E-state index in [4.69, 9.17) is 18.9 Å². The summed E-state index contributed by atoms with van der Waals surface area (Å²) in [4.78, 5) is 0. The topological polar surface area (TPSA) is 41.9 Å². The zero-order chi connectivity index (χ0) is 36.0. The zero-order valence-electron chi connectivity index (χ0n) is 29.3. The summed E-state index contributed by atoms with van der Waals surface area (Å²) >= 11 is 0. The normalized spacial score (nSPS) is 12.6. The summed E-state index contributed by atoms with van der Waals surface area (Å²) in [7, 11) is 0. The van der Waals surface area contributed by atoms with Gasteiger partial charge in [0.05, 0.1) is 11.0 Å². The average molecular weight is 708 g/mol. The molecule has 2 aliphatic rings. The van der Waals surface area contributed by atoms with Crippen molar-refractivity contribution in [1.29, 1.82) is 0 Å². The Balaban J connectivity index is 0.955. The Bertz CT molecular complexity index is 3020. The van der Waals surface area contributed by atoms with Gasteiger partial charge in [0, 0.05) is 16.5 Å². The van der Waals surface area contributed by atoms with Crippen LogP contribution in [0.3, 0.4) is 0 Å². The molecule has 12 rings (SSSR count). The first-order valence-corrected chi connectivity index (χ1v) is 18.4. The van der Waals surface area contributed by atoms with Crippen molar-refractivity contribution in [2.45, 2.75) is 0 Å². The number of nitrogens with zero attached hydrogens (tertiary/aromatic N) is 1. The summed E-state index contributed by atoms with van der Waals surface area (Å²) in [6.45, 7) is 0. The molecule has 10 aromatic rings. The number of ether oxygens (including phenoxy) is 4. The minimum atomic E-state index is 0.698. The maximum atomic E-state index is 6.46. The van der Waals surface area contributed by atoms with Crippen LogP contribution >= 0.6 is 0 Å². The third kappa shape index (κ3) is 4.80. The van der Waals surface area contributed by atoms with Crippen molar-refractivity contribution >= 4 is 43.4 Å². The predicted molar refractivity (Wildman–Crippen MR) is 220 cm³/mol. The minimum Gasteiger partial charge on any atom is -0.449 e. The Hall–Kier alpha value is -7.50. The van der Waals surface area contributed by atoms with E-state index >= 15 is 0 Å². The van der Waals surface area contributed by atoms with Crippen molar-refractivity contribution in [2.24, 2.45) is 0 Å². The summed E-state index contributed by atoms with van der Waals surface area (Å²) in [5.41, 5.74) is 7.64. The van der Waals surface area contributed by atoms with Crippen molar-refractivity contribution in [3.63, 3.8) is 0 Å². The number of benzene rings is 9. The second-order valence-electron chi connectivity index (χ2n) is 14.2. The maximum Gasteiger partial charge on any atom is 0.170 e. The van der Waals surface area contributed by atoms with Gasteiger partial charge in [0.2, 0.25) is 0 Å². The molecule has 0 saturated carbocycles. The third-order valence-electron chi connectivity index (χ3n) is 10.8. The summed E-state index contributed by atoms with van der Waals surface area (Å²) in [6, 6.07) is 61.0. The van der Waals surface area contributed by atoms with Gasteiger partial charge in [-0.2, -0.15) is 0 Å². The third-order valence-corrected chi connectivity index (χ3v) is 10.8. The second kappa shape index (κ2) is 11.5. The highest BCUT2D eigenvalue weighted by Gasteiger charge is 2.23. The van der Waals surface area contributed by atoms with E-state index in [9.17, 15) is 0 Å². The lowest BCUT2D eigenvalue weighted by Gasteiger charge is -2.22. The Kier molecular flexibility index (Phi) is 6.27. The van der Waals surface area contributed by atoms with Gasteiger partial charge in [-0.3, -0.25) is 0 Å². The van der Waals surface area contributed by atoms with Gasteiger partial charge in [-0.05, 0) is 129 Å². The van der Waals surface area contributed by atoms with Gasteiger partial charge < -0.3 is 23.5 Å². The van der Waals surface area contributed by atoms with E-state index < -0.39 is 0 Å². The Labute approximate surface area is 315 Å². The largest absolute Gasteiger partial charge is 0.449 e. The molecular formula is C50H29NO4. The van der Waals surface area contributed by atoms with E-state index in [-0.39, 0.29) is 0 Å². The van der Waals surface area contributed by atoms with E-state index in [1.165, 1.54) is 0 Å².